The zero-order valence-electron chi connectivity index (χ0n) is 15.9. The summed E-state index contributed by atoms with van der Waals surface area (Å²) in [6.45, 7) is 1.82. The molecule has 150 valence electrons. The lowest BCUT2D eigenvalue weighted by Gasteiger charge is -2.12. The molecule has 3 aromatic rings. The van der Waals surface area contributed by atoms with Gasteiger partial charge in [-0.3, -0.25) is 4.79 Å². The maximum atomic E-state index is 12.3. The third-order valence-corrected chi connectivity index (χ3v) is 5.68. The van der Waals surface area contributed by atoms with E-state index >= 15 is 0 Å². The molecule has 0 saturated carbocycles. The first-order valence-corrected chi connectivity index (χ1v) is 10.2. The Balaban J connectivity index is 1.77. The Morgan fingerprint density at radius 2 is 2.03 bits per heavy atom. The van der Waals surface area contributed by atoms with Crippen molar-refractivity contribution in [3.63, 3.8) is 0 Å². The molecule has 0 unspecified atom stereocenters. The number of thioether (sulfide) groups is 1. The summed E-state index contributed by atoms with van der Waals surface area (Å²) >= 11 is 7.29. The second-order valence-corrected chi connectivity index (χ2v) is 7.68. The number of hydrogen-bond acceptors (Lipinski definition) is 7. The Morgan fingerprint density at radius 3 is 2.70 bits per heavy atom. The molecule has 1 aromatic carbocycles. The number of carbonyl (C=O) groups excluding carboxylic acids is 1. The number of nitriles is 2. The summed E-state index contributed by atoms with van der Waals surface area (Å²) in [7, 11) is 0. The third-order valence-electron chi connectivity index (χ3n) is 4.29. The molecule has 0 spiro atoms. The average molecular weight is 438 g/mol. The van der Waals surface area contributed by atoms with Crippen LogP contribution >= 0.6 is 23.4 Å². The van der Waals surface area contributed by atoms with Gasteiger partial charge in [0.05, 0.1) is 17.4 Å². The largest absolute Gasteiger partial charge is 0.464 e. The van der Waals surface area contributed by atoms with Gasteiger partial charge in [-0.1, -0.05) is 17.7 Å². The van der Waals surface area contributed by atoms with E-state index in [0.29, 0.717) is 32.8 Å². The average Bonchev–Trinajstić information content (AvgIpc) is 3.25. The van der Waals surface area contributed by atoms with Crippen molar-refractivity contribution in [2.45, 2.75) is 18.4 Å². The van der Waals surface area contributed by atoms with Crippen molar-refractivity contribution in [3.05, 3.63) is 58.3 Å². The van der Waals surface area contributed by atoms with E-state index in [0.717, 1.165) is 5.56 Å². The summed E-state index contributed by atoms with van der Waals surface area (Å²) in [5.74, 6) is 0.521. The fourth-order valence-electron chi connectivity index (χ4n) is 2.77. The smallest absolute Gasteiger partial charge is 0.225 e. The molecule has 0 aliphatic carbocycles. The summed E-state index contributed by atoms with van der Waals surface area (Å²) in [6, 6.07) is 12.7. The summed E-state index contributed by atoms with van der Waals surface area (Å²) in [6.07, 6.45) is 1.63. The van der Waals surface area contributed by atoms with E-state index in [-0.39, 0.29) is 29.3 Å². The molecule has 0 radical (unpaired) electrons. The van der Waals surface area contributed by atoms with Gasteiger partial charge in [-0.05, 0) is 36.8 Å². The van der Waals surface area contributed by atoms with Gasteiger partial charge in [0.1, 0.15) is 34.3 Å². The molecule has 3 N–H and O–H groups in total. The summed E-state index contributed by atoms with van der Waals surface area (Å²) in [5.41, 5.74) is 7.95. The van der Waals surface area contributed by atoms with Crippen LogP contribution in [0, 0.1) is 29.6 Å². The number of aromatic nitrogens is 1. The number of nitrogens with two attached hydrogens (primary N) is 1. The zero-order valence-corrected chi connectivity index (χ0v) is 17.5. The molecule has 1 amide bonds. The maximum absolute atomic E-state index is 12.3. The normalized spacial score (nSPS) is 10.3. The van der Waals surface area contributed by atoms with Crippen LogP contribution in [0.25, 0.3) is 11.3 Å². The number of nitrogen functional groups attached to an aromatic ring is 1. The minimum Gasteiger partial charge on any atom is -0.464 e. The number of anilines is 2. The van der Waals surface area contributed by atoms with Crippen molar-refractivity contribution >= 4 is 40.8 Å². The van der Waals surface area contributed by atoms with Gasteiger partial charge in [0.25, 0.3) is 0 Å². The van der Waals surface area contributed by atoms with Crippen LogP contribution in [0.15, 0.2) is 46.0 Å². The van der Waals surface area contributed by atoms with E-state index in [4.69, 9.17) is 21.8 Å². The topological polar surface area (TPSA) is 129 Å². The summed E-state index contributed by atoms with van der Waals surface area (Å²) in [4.78, 5) is 16.5. The fourth-order valence-corrected chi connectivity index (χ4v) is 3.88. The lowest BCUT2D eigenvalue weighted by atomic mass is 10.0. The zero-order chi connectivity index (χ0) is 21.7. The number of benzene rings is 1. The highest BCUT2D eigenvalue weighted by atomic mass is 35.5. The Morgan fingerprint density at radius 1 is 1.27 bits per heavy atom. The number of rotatable bonds is 6. The number of carbonyl (C=O) groups is 1. The third kappa shape index (κ3) is 4.41. The van der Waals surface area contributed by atoms with E-state index in [2.05, 4.69) is 16.4 Å². The molecule has 2 heterocycles. The van der Waals surface area contributed by atoms with Gasteiger partial charge >= 0.3 is 0 Å². The van der Waals surface area contributed by atoms with E-state index < -0.39 is 0 Å². The first-order chi connectivity index (χ1) is 14.5. The molecular formula is C21H16ClN5O2S. The molecule has 0 atom stereocenters. The molecule has 9 heteroatoms. The van der Waals surface area contributed by atoms with Crippen LogP contribution in [0.4, 0.5) is 11.5 Å². The van der Waals surface area contributed by atoms with Crippen molar-refractivity contribution < 1.29 is 9.21 Å². The van der Waals surface area contributed by atoms with Crippen molar-refractivity contribution in [2.75, 3.05) is 16.8 Å². The number of furan rings is 1. The molecule has 7 nitrogen and oxygen atoms in total. The van der Waals surface area contributed by atoms with Crippen molar-refractivity contribution in [1.29, 1.82) is 10.5 Å². The second-order valence-electron chi connectivity index (χ2n) is 6.19. The lowest BCUT2D eigenvalue weighted by Crippen LogP contribution is -2.13. The van der Waals surface area contributed by atoms with Crippen LogP contribution in [0.3, 0.4) is 0 Å². The molecule has 0 bridgehead atoms. The molecular weight excluding hydrogens is 422 g/mol. The van der Waals surface area contributed by atoms with Crippen molar-refractivity contribution in [3.8, 4) is 23.5 Å². The maximum Gasteiger partial charge on any atom is 0.225 e. The first-order valence-electron chi connectivity index (χ1n) is 8.81. The molecule has 0 fully saturated rings. The number of amides is 1. The quantitative estimate of drug-likeness (QED) is 0.532. The Bertz CT molecular complexity index is 1180. The highest BCUT2D eigenvalue weighted by molar-refractivity contribution is 7.99. The summed E-state index contributed by atoms with van der Waals surface area (Å²) in [5, 5.41) is 22.9. The van der Waals surface area contributed by atoms with Crippen molar-refractivity contribution in [1.82, 2.24) is 4.98 Å². The first kappa shape index (κ1) is 21.3. The van der Waals surface area contributed by atoms with Gasteiger partial charge in [0.2, 0.25) is 5.91 Å². The van der Waals surface area contributed by atoms with E-state index in [1.54, 1.807) is 30.3 Å². The Kier molecular flexibility index (Phi) is 6.63. The van der Waals surface area contributed by atoms with Crippen LogP contribution in [-0.4, -0.2) is 16.6 Å². The standard InChI is InChI=1S/C21H16ClN5O2S/c1-12-15(22)4-2-5-16(12)26-18(28)7-9-30-21-14(11-24)19(17-6-3-8-29-17)13(10-23)20(25)27-21/h2-6,8H,7,9H2,1H3,(H2,25,27)(H,26,28). The number of pyridine rings is 1. The molecule has 3 rings (SSSR count). The van der Waals surface area contributed by atoms with Crippen LogP contribution in [0.2, 0.25) is 5.02 Å². The number of halogens is 1. The highest BCUT2D eigenvalue weighted by Gasteiger charge is 2.22. The highest BCUT2D eigenvalue weighted by Crippen LogP contribution is 2.36. The second kappa shape index (κ2) is 9.36. The van der Waals surface area contributed by atoms with E-state index in [1.165, 1.54) is 18.0 Å². The molecule has 0 saturated heterocycles. The molecule has 2 aromatic heterocycles. The number of nitrogens with zero attached hydrogens (tertiary/aromatic N) is 3. The minimum absolute atomic E-state index is 0.00408. The van der Waals surface area contributed by atoms with Crippen LogP contribution in [-0.2, 0) is 4.79 Å². The monoisotopic (exact) mass is 437 g/mol. The van der Waals surface area contributed by atoms with Crippen LogP contribution in [0.1, 0.15) is 23.1 Å². The number of hydrogen-bond donors (Lipinski definition) is 2. The van der Waals surface area contributed by atoms with Crippen LogP contribution in [0.5, 0.6) is 0 Å². The Hall–Kier alpha value is -3.46. The predicted molar refractivity (Wildman–Crippen MR) is 116 cm³/mol. The summed E-state index contributed by atoms with van der Waals surface area (Å²) < 4.78 is 5.37. The van der Waals surface area contributed by atoms with Gasteiger partial charge in [-0.2, -0.15) is 10.5 Å². The van der Waals surface area contributed by atoms with Gasteiger partial charge in [0, 0.05) is 22.9 Å². The fraction of sp³-hybridized carbons (Fsp3) is 0.143. The van der Waals surface area contributed by atoms with Crippen LogP contribution < -0.4 is 11.1 Å². The van der Waals surface area contributed by atoms with E-state index in [1.807, 2.05) is 13.0 Å². The molecule has 0 aliphatic heterocycles. The predicted octanol–water partition coefficient (Wildman–Crippen LogP) is 4.75. The number of nitrogens with one attached hydrogen (secondary N) is 1. The van der Waals surface area contributed by atoms with Crippen molar-refractivity contribution in [2.24, 2.45) is 0 Å². The SMILES string of the molecule is Cc1c(Cl)cccc1NC(=O)CCSc1nc(N)c(C#N)c(-c2ccco2)c1C#N. The van der Waals surface area contributed by atoms with E-state index in [9.17, 15) is 15.3 Å². The van der Waals surface area contributed by atoms with Gasteiger partial charge < -0.3 is 15.5 Å². The van der Waals surface area contributed by atoms with Gasteiger partial charge in [-0.25, -0.2) is 4.98 Å². The molecule has 30 heavy (non-hydrogen) atoms. The Labute approximate surface area is 182 Å². The van der Waals surface area contributed by atoms with Gasteiger partial charge in [-0.15, -0.1) is 11.8 Å². The molecule has 0 aliphatic rings. The lowest BCUT2D eigenvalue weighted by molar-refractivity contribution is -0.115. The van der Waals surface area contributed by atoms with Gasteiger partial charge in [0.15, 0.2) is 0 Å². The minimum atomic E-state index is -0.195.